The predicted octanol–water partition coefficient (Wildman–Crippen LogP) is 2.79. The number of benzene rings is 1. The van der Waals surface area contributed by atoms with Crippen molar-refractivity contribution in [3.05, 3.63) is 48.3 Å². The summed E-state index contributed by atoms with van der Waals surface area (Å²) in [5.41, 5.74) is 1.83. The first-order valence-electron chi connectivity index (χ1n) is 9.76. The molecule has 3 rings (SSSR count). The fourth-order valence-electron chi connectivity index (χ4n) is 3.32. The standard InChI is InChI=1S/C21H30N4O3/c1-23-9-4-7-19(23)17-25(11-5-10-24-12-14-28-15-13-24)21(26)22-18-6-3-8-20(16-18)27-2/h3-4,6-9,16H,5,10-15,17H2,1-2H3,(H,22,26). The molecule has 1 aliphatic rings. The SMILES string of the molecule is COc1cccc(NC(=O)N(CCCN2CCOCC2)Cc2cccn2C)c1. The Morgan fingerprint density at radius 1 is 1.25 bits per heavy atom. The monoisotopic (exact) mass is 386 g/mol. The van der Waals surface area contributed by atoms with Gasteiger partial charge in [0.15, 0.2) is 0 Å². The molecule has 1 aromatic heterocycles. The van der Waals surface area contributed by atoms with E-state index in [0.29, 0.717) is 13.1 Å². The van der Waals surface area contributed by atoms with Crippen LogP contribution in [0.25, 0.3) is 0 Å². The minimum absolute atomic E-state index is 0.101. The van der Waals surface area contributed by atoms with Crippen molar-refractivity contribution in [2.75, 3.05) is 51.8 Å². The predicted molar refractivity (Wildman–Crippen MR) is 110 cm³/mol. The Hall–Kier alpha value is -2.51. The number of nitrogens with one attached hydrogen (secondary N) is 1. The second-order valence-electron chi connectivity index (χ2n) is 7.00. The molecule has 0 aliphatic carbocycles. The number of carbonyl (C=O) groups excluding carboxylic acids is 1. The Morgan fingerprint density at radius 2 is 2.07 bits per heavy atom. The number of nitrogens with zero attached hydrogens (tertiary/aromatic N) is 3. The largest absolute Gasteiger partial charge is 0.497 e. The second-order valence-corrected chi connectivity index (χ2v) is 7.00. The number of aryl methyl sites for hydroxylation is 1. The van der Waals surface area contributed by atoms with Crippen molar-refractivity contribution < 1.29 is 14.3 Å². The topological polar surface area (TPSA) is 59.0 Å². The normalized spacial score (nSPS) is 14.6. The van der Waals surface area contributed by atoms with Gasteiger partial charge in [0.25, 0.3) is 0 Å². The number of carbonyl (C=O) groups is 1. The molecule has 1 N–H and O–H groups in total. The Kier molecular flexibility index (Phi) is 7.33. The van der Waals surface area contributed by atoms with Gasteiger partial charge in [0.1, 0.15) is 5.75 Å². The molecular formula is C21H30N4O3. The average Bonchev–Trinajstić information content (AvgIpc) is 3.12. The van der Waals surface area contributed by atoms with Gasteiger partial charge >= 0.3 is 6.03 Å². The summed E-state index contributed by atoms with van der Waals surface area (Å²) < 4.78 is 12.7. The van der Waals surface area contributed by atoms with Gasteiger partial charge in [0.05, 0.1) is 26.9 Å². The van der Waals surface area contributed by atoms with Gasteiger partial charge in [-0.25, -0.2) is 4.79 Å². The van der Waals surface area contributed by atoms with E-state index in [2.05, 4.69) is 10.2 Å². The number of amides is 2. The van der Waals surface area contributed by atoms with Crippen LogP contribution in [0.1, 0.15) is 12.1 Å². The molecule has 1 aromatic carbocycles. The number of anilines is 1. The van der Waals surface area contributed by atoms with Crippen LogP contribution in [0.5, 0.6) is 5.75 Å². The minimum Gasteiger partial charge on any atom is -0.497 e. The van der Waals surface area contributed by atoms with Gasteiger partial charge in [0.2, 0.25) is 0 Å². The molecule has 1 aliphatic heterocycles. The van der Waals surface area contributed by atoms with E-state index >= 15 is 0 Å². The van der Waals surface area contributed by atoms with Crippen molar-refractivity contribution in [3.63, 3.8) is 0 Å². The number of hydrogen-bond donors (Lipinski definition) is 1. The Bertz CT molecular complexity index is 756. The Labute approximate surface area is 166 Å². The second kappa shape index (κ2) is 10.1. The lowest BCUT2D eigenvalue weighted by Gasteiger charge is -2.28. The highest BCUT2D eigenvalue weighted by Gasteiger charge is 2.17. The van der Waals surface area contributed by atoms with Crippen LogP contribution in [-0.2, 0) is 18.3 Å². The molecule has 2 amide bonds. The van der Waals surface area contributed by atoms with E-state index in [9.17, 15) is 4.79 Å². The molecule has 0 bridgehead atoms. The van der Waals surface area contributed by atoms with Crippen LogP contribution in [0.2, 0.25) is 0 Å². The first kappa shape index (κ1) is 20.2. The third-order valence-corrected chi connectivity index (χ3v) is 5.02. The highest BCUT2D eigenvalue weighted by molar-refractivity contribution is 5.89. The number of aromatic nitrogens is 1. The Morgan fingerprint density at radius 3 is 2.79 bits per heavy atom. The molecule has 7 heteroatoms. The fraction of sp³-hybridized carbons (Fsp3) is 0.476. The fourth-order valence-corrected chi connectivity index (χ4v) is 3.32. The van der Waals surface area contributed by atoms with Gasteiger partial charge in [-0.15, -0.1) is 0 Å². The zero-order valence-electron chi connectivity index (χ0n) is 16.8. The van der Waals surface area contributed by atoms with Gasteiger partial charge in [0, 0.05) is 56.9 Å². The van der Waals surface area contributed by atoms with Crippen molar-refractivity contribution in [1.29, 1.82) is 0 Å². The van der Waals surface area contributed by atoms with Crippen molar-refractivity contribution in [3.8, 4) is 5.75 Å². The molecular weight excluding hydrogens is 356 g/mol. The van der Waals surface area contributed by atoms with E-state index in [1.54, 1.807) is 7.11 Å². The zero-order valence-corrected chi connectivity index (χ0v) is 16.8. The molecule has 2 heterocycles. The van der Waals surface area contributed by atoms with Gasteiger partial charge in [-0.1, -0.05) is 6.07 Å². The summed E-state index contributed by atoms with van der Waals surface area (Å²) in [6, 6.07) is 11.4. The lowest BCUT2D eigenvalue weighted by Crippen LogP contribution is -2.40. The van der Waals surface area contributed by atoms with Crippen LogP contribution >= 0.6 is 0 Å². The van der Waals surface area contributed by atoms with Crippen LogP contribution < -0.4 is 10.1 Å². The number of urea groups is 1. The van der Waals surface area contributed by atoms with E-state index in [0.717, 1.165) is 56.4 Å². The first-order valence-corrected chi connectivity index (χ1v) is 9.76. The molecule has 1 fully saturated rings. The van der Waals surface area contributed by atoms with Crippen LogP contribution in [0.15, 0.2) is 42.6 Å². The third kappa shape index (κ3) is 5.74. The van der Waals surface area contributed by atoms with E-state index in [1.807, 2.05) is 59.1 Å². The van der Waals surface area contributed by atoms with E-state index in [4.69, 9.17) is 9.47 Å². The molecule has 7 nitrogen and oxygen atoms in total. The lowest BCUT2D eigenvalue weighted by molar-refractivity contribution is 0.0365. The van der Waals surface area contributed by atoms with Crippen molar-refractivity contribution in [2.45, 2.75) is 13.0 Å². The molecule has 0 atom stereocenters. The molecule has 28 heavy (non-hydrogen) atoms. The van der Waals surface area contributed by atoms with Gasteiger partial charge in [-0.2, -0.15) is 0 Å². The zero-order chi connectivity index (χ0) is 19.8. The van der Waals surface area contributed by atoms with E-state index in [-0.39, 0.29) is 6.03 Å². The summed E-state index contributed by atoms with van der Waals surface area (Å²) in [7, 11) is 3.62. The highest BCUT2D eigenvalue weighted by Crippen LogP contribution is 2.18. The van der Waals surface area contributed by atoms with E-state index in [1.165, 1.54) is 0 Å². The van der Waals surface area contributed by atoms with Crippen molar-refractivity contribution >= 4 is 11.7 Å². The summed E-state index contributed by atoms with van der Waals surface area (Å²) >= 11 is 0. The number of hydrogen-bond acceptors (Lipinski definition) is 4. The maximum Gasteiger partial charge on any atom is 0.322 e. The smallest absolute Gasteiger partial charge is 0.322 e. The van der Waals surface area contributed by atoms with Crippen molar-refractivity contribution in [2.24, 2.45) is 7.05 Å². The minimum atomic E-state index is -0.101. The number of ether oxygens (including phenoxy) is 2. The van der Waals surface area contributed by atoms with Crippen LogP contribution in [0.4, 0.5) is 10.5 Å². The molecule has 0 radical (unpaired) electrons. The quantitative estimate of drug-likeness (QED) is 0.758. The third-order valence-electron chi connectivity index (χ3n) is 5.02. The number of morpholine rings is 1. The highest BCUT2D eigenvalue weighted by atomic mass is 16.5. The van der Waals surface area contributed by atoms with Crippen LogP contribution in [0, 0.1) is 0 Å². The van der Waals surface area contributed by atoms with Crippen LogP contribution in [0.3, 0.4) is 0 Å². The maximum absolute atomic E-state index is 13.0. The summed E-state index contributed by atoms with van der Waals surface area (Å²) in [6.07, 6.45) is 2.93. The van der Waals surface area contributed by atoms with Gasteiger partial charge in [-0.05, 0) is 30.7 Å². The summed E-state index contributed by atoms with van der Waals surface area (Å²) in [4.78, 5) is 17.2. The first-order chi connectivity index (χ1) is 13.7. The van der Waals surface area contributed by atoms with Gasteiger partial charge in [-0.3, -0.25) is 4.90 Å². The molecule has 1 saturated heterocycles. The molecule has 0 unspecified atom stereocenters. The van der Waals surface area contributed by atoms with E-state index < -0.39 is 0 Å². The number of methoxy groups -OCH3 is 1. The molecule has 2 aromatic rings. The van der Waals surface area contributed by atoms with Crippen molar-refractivity contribution in [1.82, 2.24) is 14.4 Å². The number of rotatable bonds is 8. The van der Waals surface area contributed by atoms with Crippen LogP contribution in [-0.4, -0.2) is 66.9 Å². The lowest BCUT2D eigenvalue weighted by atomic mass is 10.3. The van der Waals surface area contributed by atoms with Gasteiger partial charge < -0.3 is 24.3 Å². The average molecular weight is 386 g/mol. The molecule has 0 spiro atoms. The Balaban J connectivity index is 1.61. The maximum atomic E-state index is 13.0. The summed E-state index contributed by atoms with van der Waals surface area (Å²) in [5, 5.41) is 3.00. The summed E-state index contributed by atoms with van der Waals surface area (Å²) in [6.45, 7) is 5.76. The molecule has 0 saturated carbocycles. The molecule has 152 valence electrons. The summed E-state index contributed by atoms with van der Waals surface area (Å²) in [5.74, 6) is 0.721.